The normalized spacial score (nSPS) is 11.7. The van der Waals surface area contributed by atoms with Crippen molar-refractivity contribution in [3.63, 3.8) is 0 Å². The Morgan fingerprint density at radius 1 is 1.07 bits per heavy atom. The Labute approximate surface area is 157 Å². The summed E-state index contributed by atoms with van der Waals surface area (Å²) in [6.45, 7) is 0.939. The number of rotatable bonds is 8. The predicted octanol–water partition coefficient (Wildman–Crippen LogP) is 4.09. The molecule has 1 amide bonds. The molecule has 0 heterocycles. The zero-order valence-corrected chi connectivity index (χ0v) is 15.0. The van der Waals surface area contributed by atoms with Crippen LogP contribution in [0.25, 0.3) is 0 Å². The third-order valence-corrected chi connectivity index (χ3v) is 3.92. The molecule has 0 aliphatic rings. The summed E-state index contributed by atoms with van der Waals surface area (Å²) in [6, 6.07) is 10.9. The first-order valence-corrected chi connectivity index (χ1v) is 8.65. The highest BCUT2D eigenvalue weighted by Crippen LogP contribution is 2.26. The van der Waals surface area contributed by atoms with E-state index < -0.39 is 36.2 Å². The van der Waals surface area contributed by atoms with Crippen molar-refractivity contribution in [3.05, 3.63) is 54.3 Å². The van der Waals surface area contributed by atoms with Crippen LogP contribution in [0, 0.1) is 5.82 Å². The highest BCUT2D eigenvalue weighted by Gasteiger charge is 2.18. The molecule has 0 spiro atoms. The molecule has 0 bridgehead atoms. The molecule has 5 nitrogen and oxygen atoms in total. The first kappa shape index (κ1) is 20.6. The minimum absolute atomic E-state index is 0.284. The number of hydrogen-bond donors (Lipinski definition) is 1. The highest BCUT2D eigenvalue weighted by atomic mass is 32.2. The average molecular weight is 399 g/mol. The summed E-state index contributed by atoms with van der Waals surface area (Å²) < 4.78 is 47.4. The fourth-order valence-corrected chi connectivity index (χ4v) is 2.42. The Morgan fingerprint density at radius 2 is 1.70 bits per heavy atom. The molecule has 0 radical (unpaired) electrons. The van der Waals surface area contributed by atoms with Gasteiger partial charge in [0.1, 0.15) is 11.6 Å². The number of anilines is 1. The van der Waals surface area contributed by atoms with Gasteiger partial charge in [-0.3, -0.25) is 4.79 Å². The van der Waals surface area contributed by atoms with E-state index in [1.165, 1.54) is 55.5 Å². The molecule has 2 aromatic rings. The van der Waals surface area contributed by atoms with Crippen LogP contribution < -0.4 is 10.1 Å². The van der Waals surface area contributed by atoms with Crippen molar-refractivity contribution in [2.24, 2.45) is 0 Å². The maximum Gasteiger partial charge on any atom is 0.344 e. The summed E-state index contributed by atoms with van der Waals surface area (Å²) in [5, 5.41) is 2.51. The number of amides is 1. The topological polar surface area (TPSA) is 64.6 Å². The second kappa shape index (κ2) is 9.86. The molecule has 0 aliphatic heterocycles. The van der Waals surface area contributed by atoms with Gasteiger partial charge >= 0.3 is 5.97 Å². The van der Waals surface area contributed by atoms with Crippen LogP contribution in [0.4, 0.5) is 18.9 Å². The Kier molecular flexibility index (Phi) is 7.54. The van der Waals surface area contributed by atoms with E-state index in [2.05, 4.69) is 5.32 Å². The minimum Gasteiger partial charge on any atom is -0.482 e. The number of hydrogen-bond acceptors (Lipinski definition) is 5. The molecule has 9 heteroatoms. The van der Waals surface area contributed by atoms with E-state index >= 15 is 0 Å². The number of thioether (sulfide) groups is 1. The van der Waals surface area contributed by atoms with Gasteiger partial charge in [-0.2, -0.15) is 8.78 Å². The van der Waals surface area contributed by atoms with Gasteiger partial charge in [-0.1, -0.05) is 11.8 Å². The monoisotopic (exact) mass is 399 g/mol. The van der Waals surface area contributed by atoms with Crippen LogP contribution in [0.1, 0.15) is 6.92 Å². The molecule has 0 unspecified atom stereocenters. The Balaban J connectivity index is 1.78. The van der Waals surface area contributed by atoms with Crippen LogP contribution in [0.15, 0.2) is 53.4 Å². The van der Waals surface area contributed by atoms with E-state index in [0.29, 0.717) is 22.3 Å². The zero-order valence-electron chi connectivity index (χ0n) is 14.2. The summed E-state index contributed by atoms with van der Waals surface area (Å²) in [7, 11) is 0. The molecule has 1 atom stereocenters. The summed E-state index contributed by atoms with van der Waals surface area (Å²) in [5.41, 5.74) is 0.379. The van der Waals surface area contributed by atoms with Crippen LogP contribution in [-0.2, 0) is 14.3 Å². The summed E-state index contributed by atoms with van der Waals surface area (Å²) in [5.74, 6) is -4.03. The van der Waals surface area contributed by atoms with Gasteiger partial charge in [0.05, 0.1) is 0 Å². The largest absolute Gasteiger partial charge is 0.482 e. The molecule has 27 heavy (non-hydrogen) atoms. The molecular weight excluding hydrogens is 383 g/mol. The molecule has 0 saturated carbocycles. The number of ether oxygens (including phenoxy) is 2. The standard InChI is InChI=1S/C18H16F3NO4S/c1-11(26-16(23)10-25-14-6-2-12(19)3-7-14)17(24)22-13-4-8-15(9-5-13)27-18(20)21/h2-9,11,18H,10H2,1H3,(H,22,24)/t11-/m0/s1. The summed E-state index contributed by atoms with van der Waals surface area (Å²) in [4.78, 5) is 24.1. The lowest BCUT2D eigenvalue weighted by atomic mass is 10.3. The van der Waals surface area contributed by atoms with Gasteiger partial charge in [-0.25, -0.2) is 9.18 Å². The van der Waals surface area contributed by atoms with E-state index in [-0.39, 0.29) is 5.75 Å². The Morgan fingerprint density at radius 3 is 2.30 bits per heavy atom. The first-order chi connectivity index (χ1) is 12.8. The molecule has 0 aliphatic carbocycles. The molecule has 0 aromatic heterocycles. The predicted molar refractivity (Wildman–Crippen MR) is 94.4 cm³/mol. The molecule has 2 rings (SSSR count). The van der Waals surface area contributed by atoms with E-state index in [9.17, 15) is 22.8 Å². The number of carbonyl (C=O) groups is 2. The zero-order chi connectivity index (χ0) is 19.8. The Bertz CT molecular complexity index is 769. The Hall–Kier alpha value is -2.68. The van der Waals surface area contributed by atoms with Crippen molar-refractivity contribution in [3.8, 4) is 5.75 Å². The molecule has 2 aromatic carbocycles. The lowest BCUT2D eigenvalue weighted by Crippen LogP contribution is -2.31. The second-order valence-corrected chi connectivity index (χ2v) is 6.33. The summed E-state index contributed by atoms with van der Waals surface area (Å²) in [6.07, 6.45) is -1.09. The van der Waals surface area contributed by atoms with E-state index in [1.807, 2.05) is 0 Å². The first-order valence-electron chi connectivity index (χ1n) is 7.77. The minimum atomic E-state index is -2.53. The van der Waals surface area contributed by atoms with Gasteiger partial charge in [-0.15, -0.1) is 0 Å². The van der Waals surface area contributed by atoms with Crippen molar-refractivity contribution in [2.75, 3.05) is 11.9 Å². The lowest BCUT2D eigenvalue weighted by molar-refractivity contribution is -0.155. The van der Waals surface area contributed by atoms with Gasteiger partial charge in [0.15, 0.2) is 12.7 Å². The maximum absolute atomic E-state index is 12.8. The molecular formula is C18H16F3NO4S. The molecule has 1 N–H and O–H groups in total. The third kappa shape index (κ3) is 7.22. The van der Waals surface area contributed by atoms with Gasteiger partial charge in [0, 0.05) is 10.6 Å². The maximum atomic E-state index is 12.8. The van der Waals surface area contributed by atoms with E-state index in [4.69, 9.17) is 9.47 Å². The van der Waals surface area contributed by atoms with Gasteiger partial charge in [0.2, 0.25) is 0 Å². The van der Waals surface area contributed by atoms with Gasteiger partial charge in [-0.05, 0) is 55.5 Å². The highest BCUT2D eigenvalue weighted by molar-refractivity contribution is 7.99. The number of halogens is 3. The van der Waals surface area contributed by atoms with Crippen LogP contribution in [0.5, 0.6) is 5.75 Å². The second-order valence-electron chi connectivity index (χ2n) is 5.27. The van der Waals surface area contributed by atoms with Crippen molar-refractivity contribution in [1.29, 1.82) is 0 Å². The molecule has 144 valence electrons. The van der Waals surface area contributed by atoms with Crippen molar-refractivity contribution in [2.45, 2.75) is 23.7 Å². The smallest absolute Gasteiger partial charge is 0.344 e. The fourth-order valence-electron chi connectivity index (χ4n) is 1.92. The number of benzene rings is 2. The van der Waals surface area contributed by atoms with Gasteiger partial charge < -0.3 is 14.8 Å². The lowest BCUT2D eigenvalue weighted by Gasteiger charge is -2.14. The van der Waals surface area contributed by atoms with Crippen LogP contribution in [0.3, 0.4) is 0 Å². The van der Waals surface area contributed by atoms with Crippen LogP contribution in [0.2, 0.25) is 0 Å². The van der Waals surface area contributed by atoms with Crippen LogP contribution >= 0.6 is 11.8 Å². The average Bonchev–Trinajstić information content (AvgIpc) is 2.62. The van der Waals surface area contributed by atoms with Crippen molar-refractivity contribution < 1.29 is 32.2 Å². The fraction of sp³-hybridized carbons (Fsp3) is 0.222. The van der Waals surface area contributed by atoms with Gasteiger partial charge in [0.25, 0.3) is 11.7 Å². The third-order valence-electron chi connectivity index (χ3n) is 3.19. The van der Waals surface area contributed by atoms with E-state index in [0.717, 1.165) is 0 Å². The summed E-state index contributed by atoms with van der Waals surface area (Å²) >= 11 is 0.395. The molecule has 0 saturated heterocycles. The van der Waals surface area contributed by atoms with E-state index in [1.54, 1.807) is 0 Å². The number of esters is 1. The quantitative estimate of drug-likeness (QED) is 0.535. The van der Waals surface area contributed by atoms with Crippen LogP contribution in [-0.4, -0.2) is 30.3 Å². The molecule has 0 fully saturated rings. The van der Waals surface area contributed by atoms with Crippen molar-refractivity contribution >= 4 is 29.3 Å². The number of nitrogens with one attached hydrogen (secondary N) is 1. The van der Waals surface area contributed by atoms with Crippen molar-refractivity contribution in [1.82, 2.24) is 0 Å². The number of alkyl halides is 2. The SMILES string of the molecule is C[C@H](OC(=O)COc1ccc(F)cc1)C(=O)Nc1ccc(SC(F)F)cc1. The number of carbonyl (C=O) groups excluding carboxylic acids is 2.